The van der Waals surface area contributed by atoms with E-state index < -0.39 is 0 Å². The zero-order chi connectivity index (χ0) is 9.68. The lowest BCUT2D eigenvalue weighted by Crippen LogP contribution is -2.12. The Hall–Kier alpha value is -0.940. The second-order valence-electron chi connectivity index (χ2n) is 2.79. The summed E-state index contributed by atoms with van der Waals surface area (Å²) in [4.78, 5) is 0. The standard InChI is InChI=1S/C8H15N3O2/c1-6(9-2)8-11-10-7(13-8)4-5-12-3/h6,9H,4-5H2,1-3H3. The fourth-order valence-corrected chi connectivity index (χ4v) is 0.855. The molecule has 5 nitrogen and oxygen atoms in total. The Balaban J connectivity index is 2.53. The van der Waals surface area contributed by atoms with Gasteiger partial charge < -0.3 is 14.5 Å². The molecule has 1 atom stereocenters. The van der Waals surface area contributed by atoms with Gasteiger partial charge in [0, 0.05) is 13.5 Å². The highest BCUT2D eigenvalue weighted by molar-refractivity contribution is 4.87. The quantitative estimate of drug-likeness (QED) is 0.725. The number of aromatic nitrogens is 2. The summed E-state index contributed by atoms with van der Waals surface area (Å²) in [7, 11) is 3.50. The zero-order valence-electron chi connectivity index (χ0n) is 8.20. The molecule has 5 heteroatoms. The molecule has 0 fully saturated rings. The molecule has 0 aliphatic carbocycles. The number of nitrogens with one attached hydrogen (secondary N) is 1. The van der Waals surface area contributed by atoms with Crippen LogP contribution in [0.4, 0.5) is 0 Å². The van der Waals surface area contributed by atoms with Crippen molar-refractivity contribution in [2.24, 2.45) is 0 Å². The van der Waals surface area contributed by atoms with Crippen LogP contribution in [0.1, 0.15) is 24.7 Å². The smallest absolute Gasteiger partial charge is 0.233 e. The summed E-state index contributed by atoms with van der Waals surface area (Å²) >= 11 is 0. The van der Waals surface area contributed by atoms with Gasteiger partial charge in [-0.2, -0.15) is 0 Å². The van der Waals surface area contributed by atoms with E-state index in [1.165, 1.54) is 0 Å². The summed E-state index contributed by atoms with van der Waals surface area (Å²) in [5.74, 6) is 1.24. The fraction of sp³-hybridized carbons (Fsp3) is 0.750. The third-order valence-corrected chi connectivity index (χ3v) is 1.81. The Labute approximate surface area is 77.5 Å². The van der Waals surface area contributed by atoms with Crippen molar-refractivity contribution in [3.8, 4) is 0 Å². The highest BCUT2D eigenvalue weighted by Gasteiger charge is 2.10. The van der Waals surface area contributed by atoms with Gasteiger partial charge in [0.05, 0.1) is 12.6 Å². The number of ether oxygens (including phenoxy) is 1. The van der Waals surface area contributed by atoms with E-state index in [0.717, 1.165) is 0 Å². The van der Waals surface area contributed by atoms with Crippen molar-refractivity contribution in [1.29, 1.82) is 0 Å². The van der Waals surface area contributed by atoms with E-state index in [0.29, 0.717) is 24.8 Å². The number of rotatable bonds is 5. The number of methoxy groups -OCH3 is 1. The van der Waals surface area contributed by atoms with Crippen LogP contribution in [0.15, 0.2) is 4.42 Å². The van der Waals surface area contributed by atoms with Gasteiger partial charge in [-0.15, -0.1) is 10.2 Å². The van der Waals surface area contributed by atoms with Crippen LogP contribution in [0.25, 0.3) is 0 Å². The third-order valence-electron chi connectivity index (χ3n) is 1.81. The Morgan fingerprint density at radius 3 is 2.92 bits per heavy atom. The Kier molecular flexibility index (Phi) is 3.85. The van der Waals surface area contributed by atoms with Gasteiger partial charge in [-0.05, 0) is 14.0 Å². The summed E-state index contributed by atoms with van der Waals surface area (Å²) in [6, 6.07) is 0.101. The Bertz CT molecular complexity index is 249. The molecule has 1 aromatic rings. The van der Waals surface area contributed by atoms with Crippen molar-refractivity contribution < 1.29 is 9.15 Å². The molecule has 0 spiro atoms. The second kappa shape index (κ2) is 4.94. The van der Waals surface area contributed by atoms with Crippen molar-refractivity contribution >= 4 is 0 Å². The van der Waals surface area contributed by atoms with E-state index in [1.54, 1.807) is 7.11 Å². The second-order valence-corrected chi connectivity index (χ2v) is 2.79. The van der Waals surface area contributed by atoms with Crippen molar-refractivity contribution in [3.05, 3.63) is 11.8 Å². The predicted octanol–water partition coefficient (Wildman–Crippen LogP) is 0.539. The summed E-state index contributed by atoms with van der Waals surface area (Å²) in [5.41, 5.74) is 0. The summed E-state index contributed by atoms with van der Waals surface area (Å²) < 4.78 is 10.3. The van der Waals surface area contributed by atoms with Crippen LogP contribution in [0, 0.1) is 0 Å². The van der Waals surface area contributed by atoms with Crippen molar-refractivity contribution in [2.75, 3.05) is 20.8 Å². The SMILES string of the molecule is CNC(C)c1nnc(CCOC)o1. The fourth-order valence-electron chi connectivity index (χ4n) is 0.855. The molecule has 1 heterocycles. The minimum Gasteiger partial charge on any atom is -0.423 e. The summed E-state index contributed by atoms with van der Waals surface area (Å²) in [6.45, 7) is 2.57. The predicted molar refractivity (Wildman–Crippen MR) is 47.4 cm³/mol. The van der Waals surface area contributed by atoms with Crippen LogP contribution in [0.2, 0.25) is 0 Å². The average Bonchev–Trinajstić information content (AvgIpc) is 2.62. The molecular weight excluding hydrogens is 170 g/mol. The van der Waals surface area contributed by atoms with Crippen LogP contribution in [0.5, 0.6) is 0 Å². The lowest BCUT2D eigenvalue weighted by atomic mass is 10.3. The third kappa shape index (κ3) is 2.78. The molecule has 0 radical (unpaired) electrons. The highest BCUT2D eigenvalue weighted by Crippen LogP contribution is 2.09. The maximum atomic E-state index is 5.37. The molecule has 0 bridgehead atoms. The van der Waals surface area contributed by atoms with Gasteiger partial charge in [0.1, 0.15) is 0 Å². The van der Waals surface area contributed by atoms with Crippen molar-refractivity contribution in [3.63, 3.8) is 0 Å². The zero-order valence-corrected chi connectivity index (χ0v) is 8.20. The monoisotopic (exact) mass is 185 g/mol. The van der Waals surface area contributed by atoms with E-state index in [4.69, 9.17) is 9.15 Å². The molecular formula is C8H15N3O2. The first-order valence-corrected chi connectivity index (χ1v) is 4.26. The molecule has 1 rings (SSSR count). The molecule has 1 unspecified atom stereocenters. The maximum Gasteiger partial charge on any atom is 0.233 e. The van der Waals surface area contributed by atoms with Crippen molar-refractivity contribution in [1.82, 2.24) is 15.5 Å². The molecule has 0 aliphatic heterocycles. The summed E-state index contributed by atoms with van der Waals surface area (Å²) in [6.07, 6.45) is 0.667. The van der Waals surface area contributed by atoms with Crippen LogP contribution >= 0.6 is 0 Å². The molecule has 0 aliphatic rings. The molecule has 0 aromatic carbocycles. The normalized spacial score (nSPS) is 13.2. The van der Waals surface area contributed by atoms with Crippen LogP contribution in [0.3, 0.4) is 0 Å². The number of hydrogen-bond acceptors (Lipinski definition) is 5. The Morgan fingerprint density at radius 2 is 2.31 bits per heavy atom. The first-order chi connectivity index (χ1) is 6.27. The molecule has 13 heavy (non-hydrogen) atoms. The molecule has 74 valence electrons. The lowest BCUT2D eigenvalue weighted by molar-refractivity contribution is 0.194. The van der Waals surface area contributed by atoms with Crippen LogP contribution in [-0.4, -0.2) is 31.0 Å². The largest absolute Gasteiger partial charge is 0.423 e. The van der Waals surface area contributed by atoms with Gasteiger partial charge >= 0.3 is 0 Å². The molecule has 0 saturated carbocycles. The molecule has 0 saturated heterocycles. The topological polar surface area (TPSA) is 60.2 Å². The number of nitrogens with zero attached hydrogens (tertiary/aromatic N) is 2. The van der Waals surface area contributed by atoms with Crippen LogP contribution < -0.4 is 5.32 Å². The van der Waals surface area contributed by atoms with Gasteiger partial charge in [-0.1, -0.05) is 0 Å². The minimum atomic E-state index is 0.101. The minimum absolute atomic E-state index is 0.101. The van der Waals surface area contributed by atoms with Gasteiger partial charge in [0.25, 0.3) is 0 Å². The molecule has 1 N–H and O–H groups in total. The summed E-state index contributed by atoms with van der Waals surface area (Å²) in [5, 5.41) is 10.8. The van der Waals surface area contributed by atoms with Gasteiger partial charge in [0.15, 0.2) is 0 Å². The Morgan fingerprint density at radius 1 is 1.54 bits per heavy atom. The van der Waals surface area contributed by atoms with Crippen LogP contribution in [-0.2, 0) is 11.2 Å². The van der Waals surface area contributed by atoms with E-state index in [1.807, 2.05) is 14.0 Å². The highest BCUT2D eigenvalue weighted by atomic mass is 16.5. The lowest BCUT2D eigenvalue weighted by Gasteiger charge is -2.02. The molecule has 1 aromatic heterocycles. The van der Waals surface area contributed by atoms with Crippen molar-refractivity contribution in [2.45, 2.75) is 19.4 Å². The first-order valence-electron chi connectivity index (χ1n) is 4.26. The molecule has 0 amide bonds. The van der Waals surface area contributed by atoms with Gasteiger partial charge in [-0.3, -0.25) is 0 Å². The first kappa shape index (κ1) is 10.1. The van der Waals surface area contributed by atoms with Gasteiger partial charge in [-0.25, -0.2) is 0 Å². The van der Waals surface area contributed by atoms with E-state index >= 15 is 0 Å². The van der Waals surface area contributed by atoms with E-state index in [2.05, 4.69) is 15.5 Å². The van der Waals surface area contributed by atoms with E-state index in [-0.39, 0.29) is 6.04 Å². The van der Waals surface area contributed by atoms with Gasteiger partial charge in [0.2, 0.25) is 11.8 Å². The number of hydrogen-bond donors (Lipinski definition) is 1. The maximum absolute atomic E-state index is 5.37. The average molecular weight is 185 g/mol. The van der Waals surface area contributed by atoms with E-state index in [9.17, 15) is 0 Å².